The van der Waals surface area contributed by atoms with E-state index in [2.05, 4.69) is 5.32 Å². The second kappa shape index (κ2) is 5.54. The highest BCUT2D eigenvalue weighted by Crippen LogP contribution is 2.27. The number of nitrogens with zero attached hydrogens (tertiary/aromatic N) is 1. The lowest BCUT2D eigenvalue weighted by Crippen LogP contribution is -2.38. The molecule has 98 valence electrons. The van der Waals surface area contributed by atoms with Crippen LogP contribution in [0.4, 0.5) is 14.9 Å². The molecule has 0 aliphatic heterocycles. The van der Waals surface area contributed by atoms with Crippen molar-refractivity contribution >= 4 is 23.3 Å². The number of nitrogens with one attached hydrogen (secondary N) is 1. The standard InChI is InChI=1S/C12H14ClFN2O2/c13-8-1-4-11(10(14)7-8)15-12(18)16(5-6-17)9-2-3-9/h1,4,7,9,17H,2-3,5-6H2,(H,15,18). The van der Waals surface area contributed by atoms with E-state index in [0.29, 0.717) is 0 Å². The highest BCUT2D eigenvalue weighted by atomic mass is 35.5. The number of halogens is 2. The van der Waals surface area contributed by atoms with E-state index in [1.165, 1.54) is 17.0 Å². The van der Waals surface area contributed by atoms with E-state index in [-0.39, 0.29) is 29.9 Å². The number of carbonyl (C=O) groups is 1. The normalized spacial score (nSPS) is 14.4. The summed E-state index contributed by atoms with van der Waals surface area (Å²) in [7, 11) is 0. The lowest BCUT2D eigenvalue weighted by molar-refractivity contribution is 0.185. The van der Waals surface area contributed by atoms with Crippen LogP contribution in [0.3, 0.4) is 0 Å². The molecular weight excluding hydrogens is 259 g/mol. The maximum absolute atomic E-state index is 13.5. The van der Waals surface area contributed by atoms with Gasteiger partial charge in [-0.1, -0.05) is 11.6 Å². The minimum atomic E-state index is -0.574. The van der Waals surface area contributed by atoms with Gasteiger partial charge in [-0.05, 0) is 31.0 Å². The van der Waals surface area contributed by atoms with Crippen molar-refractivity contribution in [3.8, 4) is 0 Å². The fraction of sp³-hybridized carbons (Fsp3) is 0.417. The summed E-state index contributed by atoms with van der Waals surface area (Å²) in [4.78, 5) is 13.4. The molecule has 1 fully saturated rings. The van der Waals surface area contributed by atoms with Gasteiger partial charge in [-0.25, -0.2) is 9.18 Å². The minimum absolute atomic E-state index is 0.0907. The van der Waals surface area contributed by atoms with Crippen LogP contribution in [0.25, 0.3) is 0 Å². The predicted octanol–water partition coefficient (Wildman–Crippen LogP) is 2.47. The molecule has 1 aromatic carbocycles. The zero-order valence-electron chi connectivity index (χ0n) is 9.70. The molecule has 0 atom stereocenters. The molecule has 1 saturated carbocycles. The molecule has 1 aromatic rings. The Hall–Kier alpha value is -1.33. The SMILES string of the molecule is O=C(Nc1ccc(Cl)cc1F)N(CCO)C1CC1. The summed E-state index contributed by atoms with van der Waals surface area (Å²) in [6.45, 7) is 0.152. The molecule has 0 saturated heterocycles. The first-order valence-corrected chi connectivity index (χ1v) is 6.13. The van der Waals surface area contributed by atoms with E-state index in [9.17, 15) is 9.18 Å². The zero-order valence-corrected chi connectivity index (χ0v) is 10.5. The molecule has 18 heavy (non-hydrogen) atoms. The van der Waals surface area contributed by atoms with Crippen molar-refractivity contribution in [1.82, 2.24) is 4.90 Å². The average molecular weight is 273 g/mol. The van der Waals surface area contributed by atoms with Crippen molar-refractivity contribution in [2.45, 2.75) is 18.9 Å². The van der Waals surface area contributed by atoms with Crippen LogP contribution in [-0.4, -0.2) is 35.2 Å². The van der Waals surface area contributed by atoms with Gasteiger partial charge < -0.3 is 15.3 Å². The topological polar surface area (TPSA) is 52.6 Å². The van der Waals surface area contributed by atoms with Crippen LogP contribution in [0.1, 0.15) is 12.8 Å². The molecule has 0 bridgehead atoms. The number of hydrogen-bond donors (Lipinski definition) is 2. The molecule has 1 aliphatic rings. The molecule has 0 aromatic heterocycles. The molecule has 0 radical (unpaired) electrons. The lowest BCUT2D eigenvalue weighted by atomic mass is 10.3. The summed E-state index contributed by atoms with van der Waals surface area (Å²) >= 11 is 5.63. The third-order valence-electron chi connectivity index (χ3n) is 2.76. The summed E-state index contributed by atoms with van der Waals surface area (Å²) in [5.41, 5.74) is 0.0907. The van der Waals surface area contributed by atoms with Crippen molar-refractivity contribution in [3.63, 3.8) is 0 Å². The van der Waals surface area contributed by atoms with E-state index in [0.717, 1.165) is 18.9 Å². The van der Waals surface area contributed by atoms with Gasteiger partial charge in [0.05, 0.1) is 12.3 Å². The smallest absolute Gasteiger partial charge is 0.322 e. The van der Waals surface area contributed by atoms with Crippen LogP contribution >= 0.6 is 11.6 Å². The van der Waals surface area contributed by atoms with Crippen LogP contribution in [-0.2, 0) is 0 Å². The van der Waals surface area contributed by atoms with Crippen LogP contribution in [0.2, 0.25) is 5.02 Å². The van der Waals surface area contributed by atoms with Crippen LogP contribution < -0.4 is 5.32 Å². The van der Waals surface area contributed by atoms with Crippen molar-refractivity contribution in [2.75, 3.05) is 18.5 Å². The van der Waals surface area contributed by atoms with E-state index in [4.69, 9.17) is 16.7 Å². The van der Waals surface area contributed by atoms with Gasteiger partial charge in [-0.2, -0.15) is 0 Å². The Morgan fingerprint density at radius 2 is 2.28 bits per heavy atom. The number of aliphatic hydroxyl groups excluding tert-OH is 1. The monoisotopic (exact) mass is 272 g/mol. The highest BCUT2D eigenvalue weighted by molar-refractivity contribution is 6.30. The lowest BCUT2D eigenvalue weighted by Gasteiger charge is -2.21. The quantitative estimate of drug-likeness (QED) is 0.885. The van der Waals surface area contributed by atoms with Gasteiger partial charge >= 0.3 is 6.03 Å². The van der Waals surface area contributed by atoms with Gasteiger partial charge in [0.2, 0.25) is 0 Å². The second-order valence-electron chi connectivity index (χ2n) is 4.20. The first-order chi connectivity index (χ1) is 8.61. The zero-order chi connectivity index (χ0) is 13.1. The maximum Gasteiger partial charge on any atom is 0.322 e. The van der Waals surface area contributed by atoms with Gasteiger partial charge in [0.15, 0.2) is 0 Å². The highest BCUT2D eigenvalue weighted by Gasteiger charge is 2.32. The number of anilines is 1. The van der Waals surface area contributed by atoms with Crippen molar-refractivity contribution in [2.24, 2.45) is 0 Å². The molecule has 2 amide bonds. The molecule has 1 aliphatic carbocycles. The third-order valence-corrected chi connectivity index (χ3v) is 3.00. The van der Waals surface area contributed by atoms with Crippen molar-refractivity contribution < 1.29 is 14.3 Å². The van der Waals surface area contributed by atoms with E-state index < -0.39 is 11.8 Å². The molecule has 2 N–H and O–H groups in total. The number of amides is 2. The van der Waals surface area contributed by atoms with E-state index in [1.807, 2.05) is 0 Å². The van der Waals surface area contributed by atoms with E-state index >= 15 is 0 Å². The number of hydrogen-bond acceptors (Lipinski definition) is 2. The largest absolute Gasteiger partial charge is 0.395 e. The molecule has 0 spiro atoms. The number of carbonyl (C=O) groups excluding carboxylic acids is 1. The Kier molecular flexibility index (Phi) is 4.04. The number of rotatable bonds is 4. The summed E-state index contributed by atoms with van der Waals surface area (Å²) in [6.07, 6.45) is 1.85. The molecule has 6 heteroatoms. The number of aliphatic hydroxyl groups is 1. The average Bonchev–Trinajstić information content (AvgIpc) is 3.13. The maximum atomic E-state index is 13.5. The Labute approximate surface area is 109 Å². The third kappa shape index (κ3) is 3.11. The van der Waals surface area contributed by atoms with Gasteiger partial charge in [-0.3, -0.25) is 0 Å². The Morgan fingerprint density at radius 1 is 1.56 bits per heavy atom. The van der Waals surface area contributed by atoms with Gasteiger partial charge in [0.1, 0.15) is 5.82 Å². The fourth-order valence-corrected chi connectivity index (χ4v) is 1.88. The summed E-state index contributed by atoms with van der Waals surface area (Å²) in [6, 6.07) is 3.83. The fourth-order valence-electron chi connectivity index (χ4n) is 1.72. The van der Waals surface area contributed by atoms with Crippen molar-refractivity contribution in [1.29, 1.82) is 0 Å². The second-order valence-corrected chi connectivity index (χ2v) is 4.64. The van der Waals surface area contributed by atoms with Crippen LogP contribution in [0.5, 0.6) is 0 Å². The molecule has 2 rings (SSSR count). The van der Waals surface area contributed by atoms with Gasteiger partial charge in [0.25, 0.3) is 0 Å². The summed E-state index contributed by atoms with van der Waals surface area (Å²) < 4.78 is 13.5. The number of benzene rings is 1. The predicted molar refractivity (Wildman–Crippen MR) is 67.2 cm³/mol. The van der Waals surface area contributed by atoms with Gasteiger partial charge in [0, 0.05) is 17.6 Å². The Balaban J connectivity index is 2.05. The first-order valence-electron chi connectivity index (χ1n) is 5.75. The Bertz CT molecular complexity index is 452. The van der Waals surface area contributed by atoms with Crippen molar-refractivity contribution in [3.05, 3.63) is 29.0 Å². The summed E-state index contributed by atoms with van der Waals surface area (Å²) in [5, 5.41) is 11.7. The van der Waals surface area contributed by atoms with E-state index in [1.54, 1.807) is 0 Å². The molecule has 0 unspecified atom stereocenters. The Morgan fingerprint density at radius 3 is 2.83 bits per heavy atom. The minimum Gasteiger partial charge on any atom is -0.395 e. The molecular formula is C12H14ClFN2O2. The number of urea groups is 1. The molecule has 4 nitrogen and oxygen atoms in total. The van der Waals surface area contributed by atoms with Gasteiger partial charge in [-0.15, -0.1) is 0 Å². The summed E-state index contributed by atoms with van der Waals surface area (Å²) in [5.74, 6) is -0.574. The molecule has 0 heterocycles. The van der Waals surface area contributed by atoms with Crippen LogP contribution in [0.15, 0.2) is 18.2 Å². The first kappa shape index (κ1) is 13.1. The van der Waals surface area contributed by atoms with Crippen LogP contribution in [0, 0.1) is 5.82 Å².